The summed E-state index contributed by atoms with van der Waals surface area (Å²) in [5.74, 6) is 1.04. The summed E-state index contributed by atoms with van der Waals surface area (Å²) in [6.07, 6.45) is 0. The van der Waals surface area contributed by atoms with Crippen LogP contribution in [0.2, 0.25) is 0 Å². The highest BCUT2D eigenvalue weighted by Crippen LogP contribution is 2.22. The minimum absolute atomic E-state index is 0.366. The Kier molecular flexibility index (Phi) is 7.38. The number of fused-ring (bicyclic) bond motifs is 1. The topological polar surface area (TPSA) is 69.3 Å². The van der Waals surface area contributed by atoms with Gasteiger partial charge in [0.05, 0.1) is 11.2 Å². The molecule has 29 heavy (non-hydrogen) atoms. The number of anilines is 3. The van der Waals surface area contributed by atoms with Crippen molar-refractivity contribution in [1.82, 2.24) is 10.4 Å². The Balaban J connectivity index is 1.61. The maximum absolute atomic E-state index is 12.3. The molecule has 6 nitrogen and oxygen atoms in total. The molecule has 152 valence electrons. The summed E-state index contributed by atoms with van der Waals surface area (Å²) < 4.78 is 0. The van der Waals surface area contributed by atoms with E-state index in [1.807, 2.05) is 61.5 Å². The maximum atomic E-state index is 12.3. The lowest BCUT2D eigenvalue weighted by Gasteiger charge is -2.23. The molecular weight excluding hydrogens is 409 g/mol. The molecule has 0 aliphatic carbocycles. The quantitative estimate of drug-likeness (QED) is 0.347. The summed E-state index contributed by atoms with van der Waals surface area (Å²) >= 11 is 11.7. The second-order valence-corrected chi connectivity index (χ2v) is 7.20. The van der Waals surface area contributed by atoms with Crippen molar-refractivity contribution in [3.05, 3.63) is 60.3 Å². The van der Waals surface area contributed by atoms with Crippen LogP contribution in [0, 0.1) is 6.92 Å². The second kappa shape index (κ2) is 10.2. The number of hydrazine groups is 1. The lowest BCUT2D eigenvalue weighted by molar-refractivity contribution is 0.254. The Morgan fingerprint density at radius 2 is 1.72 bits per heavy atom. The van der Waals surface area contributed by atoms with E-state index in [1.165, 1.54) is 0 Å². The van der Waals surface area contributed by atoms with Gasteiger partial charge < -0.3 is 10.2 Å². The summed E-state index contributed by atoms with van der Waals surface area (Å²) in [6.45, 7) is 3.34. The van der Waals surface area contributed by atoms with Gasteiger partial charge in [-0.05, 0) is 43.3 Å². The van der Waals surface area contributed by atoms with Crippen LogP contribution in [0.5, 0.6) is 0 Å². The lowest BCUT2D eigenvalue weighted by atomic mass is 10.1. The van der Waals surface area contributed by atoms with Gasteiger partial charge in [0.1, 0.15) is 0 Å². The summed E-state index contributed by atoms with van der Waals surface area (Å²) in [5.41, 5.74) is 9.85. The highest BCUT2D eigenvalue weighted by atomic mass is 35.5. The number of aromatic nitrogens is 1. The van der Waals surface area contributed by atoms with Gasteiger partial charge in [-0.25, -0.2) is 4.79 Å². The molecule has 3 rings (SSSR count). The van der Waals surface area contributed by atoms with E-state index in [9.17, 15) is 4.79 Å². The molecule has 1 heterocycles. The van der Waals surface area contributed by atoms with Crippen molar-refractivity contribution in [2.45, 2.75) is 6.92 Å². The molecule has 0 aliphatic rings. The largest absolute Gasteiger partial charge is 0.369 e. The van der Waals surface area contributed by atoms with Crippen molar-refractivity contribution < 1.29 is 4.79 Å². The van der Waals surface area contributed by atoms with Crippen LogP contribution < -0.4 is 21.1 Å². The van der Waals surface area contributed by atoms with E-state index >= 15 is 0 Å². The minimum atomic E-state index is -0.366. The Bertz CT molecular complexity index is 959. The average Bonchev–Trinajstić information content (AvgIpc) is 2.72. The number of rotatable bonds is 8. The van der Waals surface area contributed by atoms with E-state index in [2.05, 4.69) is 26.1 Å². The SMILES string of the molecule is Cc1cc(NNC(=O)Nc2ccc(N(CCCl)CCCl)cc2)c2ccccc2n1. The molecule has 8 heteroatoms. The van der Waals surface area contributed by atoms with Crippen molar-refractivity contribution in [2.75, 3.05) is 40.5 Å². The first-order valence-corrected chi connectivity index (χ1v) is 10.3. The summed E-state index contributed by atoms with van der Waals surface area (Å²) in [4.78, 5) is 18.9. The number of hydrogen-bond donors (Lipinski definition) is 3. The third-order valence-electron chi connectivity index (χ3n) is 4.35. The van der Waals surface area contributed by atoms with E-state index < -0.39 is 0 Å². The van der Waals surface area contributed by atoms with E-state index in [4.69, 9.17) is 23.2 Å². The number of aryl methyl sites for hydroxylation is 1. The van der Waals surface area contributed by atoms with Crippen LogP contribution >= 0.6 is 23.2 Å². The monoisotopic (exact) mass is 431 g/mol. The Labute approximate surface area is 180 Å². The molecular formula is C21H23Cl2N5O. The minimum Gasteiger partial charge on any atom is -0.369 e. The molecule has 0 unspecified atom stereocenters. The fourth-order valence-electron chi connectivity index (χ4n) is 3.03. The number of pyridine rings is 1. The lowest BCUT2D eigenvalue weighted by Crippen LogP contribution is -2.33. The van der Waals surface area contributed by atoms with Gasteiger partial charge >= 0.3 is 6.03 Å². The average molecular weight is 432 g/mol. The normalized spacial score (nSPS) is 10.6. The van der Waals surface area contributed by atoms with Crippen LogP contribution in [-0.2, 0) is 0 Å². The number of alkyl halides is 2. The zero-order valence-corrected chi connectivity index (χ0v) is 17.6. The first-order valence-electron chi connectivity index (χ1n) is 9.27. The van der Waals surface area contributed by atoms with Crippen LogP contribution in [0.25, 0.3) is 10.9 Å². The molecule has 0 aliphatic heterocycles. The molecule has 0 fully saturated rings. The third-order valence-corrected chi connectivity index (χ3v) is 4.69. The number of carbonyl (C=O) groups excluding carboxylic acids is 1. The molecule has 1 aromatic heterocycles. The zero-order valence-electron chi connectivity index (χ0n) is 16.1. The zero-order chi connectivity index (χ0) is 20.6. The molecule has 0 radical (unpaired) electrons. The van der Waals surface area contributed by atoms with Gasteiger partial charge in [-0.2, -0.15) is 0 Å². The van der Waals surface area contributed by atoms with Crippen molar-refractivity contribution >= 4 is 57.2 Å². The van der Waals surface area contributed by atoms with Gasteiger partial charge in [-0.1, -0.05) is 18.2 Å². The van der Waals surface area contributed by atoms with Gasteiger partial charge in [0.15, 0.2) is 0 Å². The number of hydrogen-bond acceptors (Lipinski definition) is 4. The molecule has 3 N–H and O–H groups in total. The van der Waals surface area contributed by atoms with Gasteiger partial charge in [0, 0.05) is 47.3 Å². The van der Waals surface area contributed by atoms with Crippen LogP contribution in [0.3, 0.4) is 0 Å². The number of urea groups is 1. The standard InChI is InChI=1S/C21H23Cl2N5O/c1-15-14-20(18-4-2-3-5-19(18)24-15)26-27-21(29)25-16-6-8-17(9-7-16)28(12-10-22)13-11-23/h2-9,14H,10-13H2,1H3,(H,24,26)(H2,25,27,29). The molecule has 2 aromatic carbocycles. The summed E-state index contributed by atoms with van der Waals surface area (Å²) in [7, 11) is 0. The van der Waals surface area contributed by atoms with Crippen molar-refractivity contribution in [3.8, 4) is 0 Å². The van der Waals surface area contributed by atoms with Gasteiger partial charge in [0.2, 0.25) is 0 Å². The summed E-state index contributed by atoms with van der Waals surface area (Å²) in [6, 6.07) is 16.8. The number of halogens is 2. The van der Waals surface area contributed by atoms with E-state index in [0.717, 1.165) is 28.0 Å². The van der Waals surface area contributed by atoms with Crippen molar-refractivity contribution in [3.63, 3.8) is 0 Å². The maximum Gasteiger partial charge on any atom is 0.337 e. The number of nitrogens with zero attached hydrogens (tertiary/aromatic N) is 2. The Hall–Kier alpha value is -2.70. The first kappa shape index (κ1) is 21.0. The number of carbonyl (C=O) groups is 1. The smallest absolute Gasteiger partial charge is 0.337 e. The van der Waals surface area contributed by atoms with E-state index in [0.29, 0.717) is 30.5 Å². The number of nitrogens with one attached hydrogen (secondary N) is 3. The fraction of sp³-hybridized carbons (Fsp3) is 0.238. The number of para-hydroxylation sites is 1. The van der Waals surface area contributed by atoms with E-state index in [-0.39, 0.29) is 6.03 Å². The molecule has 0 saturated carbocycles. The predicted molar refractivity (Wildman–Crippen MR) is 122 cm³/mol. The van der Waals surface area contributed by atoms with Crippen LogP contribution in [0.4, 0.5) is 21.9 Å². The number of benzene rings is 2. The van der Waals surface area contributed by atoms with Gasteiger partial charge in [0.25, 0.3) is 0 Å². The Morgan fingerprint density at radius 3 is 2.41 bits per heavy atom. The van der Waals surface area contributed by atoms with Crippen molar-refractivity contribution in [2.24, 2.45) is 0 Å². The highest BCUT2D eigenvalue weighted by Gasteiger charge is 2.08. The molecule has 2 amide bonds. The first-order chi connectivity index (χ1) is 14.1. The fourth-order valence-corrected chi connectivity index (χ4v) is 3.44. The summed E-state index contributed by atoms with van der Waals surface area (Å²) in [5, 5.41) is 3.74. The second-order valence-electron chi connectivity index (χ2n) is 6.44. The van der Waals surface area contributed by atoms with Gasteiger partial charge in [-0.15, -0.1) is 23.2 Å². The molecule has 0 bridgehead atoms. The number of amides is 2. The molecule has 0 spiro atoms. The third kappa shape index (κ3) is 5.65. The van der Waals surface area contributed by atoms with E-state index in [1.54, 1.807) is 0 Å². The van der Waals surface area contributed by atoms with Crippen LogP contribution in [0.15, 0.2) is 54.6 Å². The highest BCUT2D eigenvalue weighted by molar-refractivity contribution is 6.18. The molecule has 3 aromatic rings. The Morgan fingerprint density at radius 1 is 1.03 bits per heavy atom. The predicted octanol–water partition coefficient (Wildman–Crippen LogP) is 4.98. The van der Waals surface area contributed by atoms with Crippen LogP contribution in [0.1, 0.15) is 5.69 Å². The van der Waals surface area contributed by atoms with Gasteiger partial charge in [-0.3, -0.25) is 15.8 Å². The molecule has 0 atom stereocenters. The van der Waals surface area contributed by atoms with Crippen molar-refractivity contribution in [1.29, 1.82) is 0 Å². The van der Waals surface area contributed by atoms with Crippen LogP contribution in [-0.4, -0.2) is 35.9 Å². The molecule has 0 saturated heterocycles.